The predicted octanol–water partition coefficient (Wildman–Crippen LogP) is 1.65. The van der Waals surface area contributed by atoms with Crippen molar-refractivity contribution in [2.24, 2.45) is 5.41 Å². The number of hydrogen-bond acceptors (Lipinski definition) is 3. The molecule has 1 unspecified atom stereocenters. The second-order valence-corrected chi connectivity index (χ2v) is 5.55. The van der Waals surface area contributed by atoms with Crippen molar-refractivity contribution in [3.8, 4) is 0 Å². The zero-order valence-corrected chi connectivity index (χ0v) is 8.99. The summed E-state index contributed by atoms with van der Waals surface area (Å²) < 4.78 is 0. The summed E-state index contributed by atoms with van der Waals surface area (Å²) in [4.78, 5) is 11.0. The van der Waals surface area contributed by atoms with Gasteiger partial charge in [0.2, 0.25) is 0 Å². The van der Waals surface area contributed by atoms with Crippen LogP contribution in [0.25, 0.3) is 0 Å². The molecule has 70 valence electrons. The largest absolute Gasteiger partial charge is 0.298 e. The Morgan fingerprint density at radius 2 is 2.08 bits per heavy atom. The van der Waals surface area contributed by atoms with Crippen LogP contribution in [0.1, 0.15) is 27.7 Å². The van der Waals surface area contributed by atoms with Gasteiger partial charge in [0.05, 0.1) is 11.4 Å². The summed E-state index contributed by atoms with van der Waals surface area (Å²) in [6.45, 7) is 8.24. The molecule has 0 bridgehead atoms. The fourth-order valence-electron chi connectivity index (χ4n) is 1.21. The molecule has 0 saturated carbocycles. The third-order valence-electron chi connectivity index (χ3n) is 2.06. The van der Waals surface area contributed by atoms with Crippen molar-refractivity contribution >= 4 is 17.5 Å². The van der Waals surface area contributed by atoms with Crippen molar-refractivity contribution in [2.75, 3.05) is 5.75 Å². The van der Waals surface area contributed by atoms with Crippen LogP contribution in [-0.4, -0.2) is 23.0 Å². The number of ketones is 1. The Balaban J connectivity index is 2.51. The highest BCUT2D eigenvalue weighted by Gasteiger charge is 2.34. The summed E-state index contributed by atoms with van der Waals surface area (Å²) in [6, 6.07) is 0.0826. The summed E-state index contributed by atoms with van der Waals surface area (Å²) >= 11 is 1.85. The fourth-order valence-corrected chi connectivity index (χ4v) is 2.68. The van der Waals surface area contributed by atoms with Crippen molar-refractivity contribution in [1.29, 1.82) is 0 Å². The van der Waals surface area contributed by atoms with Crippen LogP contribution >= 0.6 is 11.8 Å². The predicted molar refractivity (Wildman–Crippen MR) is 53.3 cm³/mol. The van der Waals surface area contributed by atoms with Crippen LogP contribution in [0.5, 0.6) is 0 Å². The van der Waals surface area contributed by atoms with Crippen LogP contribution in [0, 0.1) is 5.41 Å². The zero-order valence-electron chi connectivity index (χ0n) is 8.18. The average molecular weight is 187 g/mol. The number of thioether (sulfide) groups is 1. The van der Waals surface area contributed by atoms with Crippen LogP contribution in [0.2, 0.25) is 0 Å². The molecule has 3 heteroatoms. The van der Waals surface area contributed by atoms with E-state index in [1.807, 2.05) is 11.8 Å². The molecule has 1 fully saturated rings. The van der Waals surface area contributed by atoms with E-state index in [1.54, 1.807) is 6.92 Å². The van der Waals surface area contributed by atoms with E-state index in [4.69, 9.17) is 0 Å². The Hall–Kier alpha value is -0.0200. The van der Waals surface area contributed by atoms with Crippen molar-refractivity contribution in [3.63, 3.8) is 0 Å². The van der Waals surface area contributed by atoms with Crippen LogP contribution in [0.4, 0.5) is 0 Å². The normalized spacial score (nSPS) is 30.7. The maximum atomic E-state index is 11.0. The van der Waals surface area contributed by atoms with E-state index in [-0.39, 0.29) is 17.2 Å². The van der Waals surface area contributed by atoms with Crippen LogP contribution in [-0.2, 0) is 4.79 Å². The van der Waals surface area contributed by atoms with Gasteiger partial charge in [-0.2, -0.15) is 0 Å². The summed E-state index contributed by atoms with van der Waals surface area (Å²) in [6.07, 6.45) is 0. The molecule has 0 spiro atoms. The molecule has 0 radical (unpaired) electrons. The summed E-state index contributed by atoms with van der Waals surface area (Å²) in [5.74, 6) is 1.19. The van der Waals surface area contributed by atoms with Gasteiger partial charge in [0.1, 0.15) is 5.78 Å². The van der Waals surface area contributed by atoms with Crippen molar-refractivity contribution in [3.05, 3.63) is 0 Å². The molecule has 1 saturated heterocycles. The summed E-state index contributed by atoms with van der Waals surface area (Å²) in [5, 5.41) is 3.77. The smallest absolute Gasteiger partial charge is 0.147 e. The fraction of sp³-hybridized carbons (Fsp3) is 0.889. The molecule has 1 aliphatic heterocycles. The molecule has 0 aromatic heterocycles. The molecule has 2 nitrogen and oxygen atoms in total. The second kappa shape index (κ2) is 3.38. The molecule has 1 aliphatic rings. The second-order valence-electron chi connectivity index (χ2n) is 4.41. The van der Waals surface area contributed by atoms with E-state index in [0.29, 0.717) is 5.37 Å². The topological polar surface area (TPSA) is 29.1 Å². The maximum Gasteiger partial charge on any atom is 0.147 e. The minimum Gasteiger partial charge on any atom is -0.298 e. The number of nitrogens with one attached hydrogen (secondary N) is 1. The Bertz CT molecular complexity index is 185. The first kappa shape index (κ1) is 10.1. The Morgan fingerprint density at radius 3 is 2.33 bits per heavy atom. The van der Waals surface area contributed by atoms with Gasteiger partial charge < -0.3 is 0 Å². The Kier molecular flexibility index (Phi) is 2.84. The van der Waals surface area contributed by atoms with Crippen molar-refractivity contribution in [2.45, 2.75) is 39.1 Å². The van der Waals surface area contributed by atoms with E-state index in [2.05, 4.69) is 26.1 Å². The Morgan fingerprint density at radius 1 is 1.50 bits per heavy atom. The van der Waals surface area contributed by atoms with E-state index < -0.39 is 0 Å². The van der Waals surface area contributed by atoms with E-state index in [9.17, 15) is 4.79 Å². The molecule has 2 atom stereocenters. The molecule has 0 amide bonds. The van der Waals surface area contributed by atoms with E-state index in [1.165, 1.54) is 0 Å². The first-order chi connectivity index (χ1) is 5.41. The lowest BCUT2D eigenvalue weighted by molar-refractivity contribution is -0.118. The monoisotopic (exact) mass is 187 g/mol. The third kappa shape index (κ3) is 2.23. The standard InChI is InChI=1S/C9H17NOS/c1-6(11)7-5-12-8(10-7)9(2,3)4/h7-8,10H,5H2,1-4H3/t7-,8?/m1/s1. The zero-order chi connectivity index (χ0) is 9.35. The molecule has 1 heterocycles. The number of hydrogen-bond donors (Lipinski definition) is 1. The minimum absolute atomic E-state index is 0.0826. The highest BCUT2D eigenvalue weighted by Crippen LogP contribution is 2.33. The van der Waals surface area contributed by atoms with E-state index >= 15 is 0 Å². The number of Topliss-reactive ketones (excluding diaryl/α,β-unsaturated/α-hetero) is 1. The first-order valence-electron chi connectivity index (χ1n) is 4.29. The highest BCUT2D eigenvalue weighted by molar-refractivity contribution is 8.00. The SMILES string of the molecule is CC(=O)[C@H]1CSC(C(C)(C)C)N1. The molecular weight excluding hydrogens is 170 g/mol. The molecular formula is C9H17NOS. The van der Waals surface area contributed by atoms with Crippen LogP contribution < -0.4 is 5.32 Å². The minimum atomic E-state index is 0.0826. The van der Waals surface area contributed by atoms with Gasteiger partial charge in [0.15, 0.2) is 0 Å². The quantitative estimate of drug-likeness (QED) is 0.677. The van der Waals surface area contributed by atoms with Gasteiger partial charge in [0.25, 0.3) is 0 Å². The number of carbonyl (C=O) groups excluding carboxylic acids is 1. The van der Waals surface area contributed by atoms with Gasteiger partial charge in [-0.25, -0.2) is 0 Å². The Labute approximate surface area is 78.5 Å². The molecule has 0 aliphatic carbocycles. The molecule has 12 heavy (non-hydrogen) atoms. The van der Waals surface area contributed by atoms with Crippen LogP contribution in [0.15, 0.2) is 0 Å². The molecule has 0 aromatic rings. The van der Waals surface area contributed by atoms with E-state index in [0.717, 1.165) is 5.75 Å². The lowest BCUT2D eigenvalue weighted by Crippen LogP contribution is -2.40. The molecule has 1 N–H and O–H groups in total. The number of rotatable bonds is 1. The first-order valence-corrected chi connectivity index (χ1v) is 5.34. The maximum absolute atomic E-state index is 11.0. The lowest BCUT2D eigenvalue weighted by atomic mass is 9.96. The third-order valence-corrected chi connectivity index (χ3v) is 3.76. The number of carbonyl (C=O) groups is 1. The molecule has 1 rings (SSSR count). The highest BCUT2D eigenvalue weighted by atomic mass is 32.2. The van der Waals surface area contributed by atoms with Gasteiger partial charge in [-0.05, 0) is 12.3 Å². The van der Waals surface area contributed by atoms with Gasteiger partial charge in [0, 0.05) is 5.75 Å². The van der Waals surface area contributed by atoms with Crippen LogP contribution in [0.3, 0.4) is 0 Å². The summed E-state index contributed by atoms with van der Waals surface area (Å²) in [7, 11) is 0. The molecule has 0 aromatic carbocycles. The lowest BCUT2D eigenvalue weighted by Gasteiger charge is -2.26. The van der Waals surface area contributed by atoms with Gasteiger partial charge in [-0.15, -0.1) is 11.8 Å². The van der Waals surface area contributed by atoms with Gasteiger partial charge >= 0.3 is 0 Å². The average Bonchev–Trinajstić information content (AvgIpc) is 2.30. The van der Waals surface area contributed by atoms with Crippen molar-refractivity contribution in [1.82, 2.24) is 5.32 Å². The van der Waals surface area contributed by atoms with Crippen molar-refractivity contribution < 1.29 is 4.79 Å². The van der Waals surface area contributed by atoms with Gasteiger partial charge in [-0.3, -0.25) is 10.1 Å². The summed E-state index contributed by atoms with van der Waals surface area (Å²) in [5.41, 5.74) is 0.245. The van der Waals surface area contributed by atoms with Gasteiger partial charge in [-0.1, -0.05) is 20.8 Å².